The van der Waals surface area contributed by atoms with E-state index < -0.39 is 16.0 Å². The van der Waals surface area contributed by atoms with Crippen molar-refractivity contribution in [2.45, 2.75) is 43.5 Å². The summed E-state index contributed by atoms with van der Waals surface area (Å²) in [7, 11) is -2.07. The highest BCUT2D eigenvalue weighted by molar-refractivity contribution is 7.89. The van der Waals surface area contributed by atoms with Crippen LogP contribution in [0.2, 0.25) is 0 Å². The summed E-state index contributed by atoms with van der Waals surface area (Å²) in [6.45, 7) is 2.49. The summed E-state index contributed by atoms with van der Waals surface area (Å²) in [6.07, 6.45) is 4.92. The first-order valence-electron chi connectivity index (χ1n) is 6.79. The molecule has 1 aliphatic rings. The molecule has 1 fully saturated rings. The lowest BCUT2D eigenvalue weighted by Gasteiger charge is -2.33. The molecular weight excluding hydrogens is 280 g/mol. The molecule has 2 heterocycles. The molecule has 0 bridgehead atoms. The van der Waals surface area contributed by atoms with E-state index >= 15 is 0 Å². The van der Waals surface area contributed by atoms with Crippen molar-refractivity contribution in [1.82, 2.24) is 8.87 Å². The maximum atomic E-state index is 12.7. The van der Waals surface area contributed by atoms with Gasteiger partial charge in [-0.2, -0.15) is 4.31 Å². The number of nitrogens with zero attached hydrogens (tertiary/aromatic N) is 2. The molecule has 0 spiro atoms. The SMILES string of the molecule is CCC1CCCCN1S(=O)(=O)c1cc(C(=O)O)n(C)c1. The molecule has 0 aliphatic carbocycles. The van der Waals surface area contributed by atoms with E-state index in [4.69, 9.17) is 5.11 Å². The van der Waals surface area contributed by atoms with Crippen molar-refractivity contribution in [2.75, 3.05) is 6.54 Å². The van der Waals surface area contributed by atoms with Gasteiger partial charge in [-0.15, -0.1) is 0 Å². The Morgan fingerprint density at radius 1 is 1.45 bits per heavy atom. The fraction of sp³-hybridized carbons (Fsp3) is 0.615. The molecule has 1 aromatic rings. The summed E-state index contributed by atoms with van der Waals surface area (Å²) in [4.78, 5) is 11.1. The number of hydrogen-bond acceptors (Lipinski definition) is 3. The van der Waals surface area contributed by atoms with Gasteiger partial charge in [-0.25, -0.2) is 13.2 Å². The Hall–Kier alpha value is -1.34. The van der Waals surface area contributed by atoms with Crippen LogP contribution < -0.4 is 0 Å². The second kappa shape index (κ2) is 5.57. The minimum atomic E-state index is -3.61. The topological polar surface area (TPSA) is 79.6 Å². The van der Waals surface area contributed by atoms with Gasteiger partial charge in [-0.3, -0.25) is 0 Å². The molecule has 7 heteroatoms. The smallest absolute Gasteiger partial charge is 0.352 e. The van der Waals surface area contributed by atoms with Gasteiger partial charge in [0.05, 0.1) is 0 Å². The van der Waals surface area contributed by atoms with Crippen LogP contribution in [0.25, 0.3) is 0 Å². The molecule has 20 heavy (non-hydrogen) atoms. The maximum Gasteiger partial charge on any atom is 0.352 e. The third-order valence-electron chi connectivity index (χ3n) is 3.85. The zero-order chi connectivity index (χ0) is 14.9. The van der Waals surface area contributed by atoms with Crippen molar-refractivity contribution < 1.29 is 18.3 Å². The number of piperidine rings is 1. The van der Waals surface area contributed by atoms with Crippen molar-refractivity contribution in [3.05, 3.63) is 18.0 Å². The number of carboxylic acids is 1. The molecule has 1 aliphatic heterocycles. The van der Waals surface area contributed by atoms with Crippen LogP contribution in [0.3, 0.4) is 0 Å². The Bertz CT molecular complexity index is 606. The van der Waals surface area contributed by atoms with Crippen LogP contribution in [0, 0.1) is 0 Å². The second-order valence-electron chi connectivity index (χ2n) is 5.15. The molecule has 1 saturated heterocycles. The monoisotopic (exact) mass is 300 g/mol. The quantitative estimate of drug-likeness (QED) is 0.917. The number of aromatic carboxylic acids is 1. The van der Waals surface area contributed by atoms with Gasteiger partial charge in [0.1, 0.15) is 10.6 Å². The first kappa shape index (κ1) is 15.1. The second-order valence-corrected chi connectivity index (χ2v) is 7.04. The molecule has 1 atom stereocenters. The Kier molecular flexibility index (Phi) is 4.19. The van der Waals surface area contributed by atoms with Crippen LogP contribution in [0.5, 0.6) is 0 Å². The van der Waals surface area contributed by atoms with E-state index in [1.807, 2.05) is 6.92 Å². The lowest BCUT2D eigenvalue weighted by molar-refractivity contribution is 0.0686. The van der Waals surface area contributed by atoms with Crippen LogP contribution in [0.15, 0.2) is 17.2 Å². The summed E-state index contributed by atoms with van der Waals surface area (Å²) in [5.74, 6) is -1.13. The first-order valence-corrected chi connectivity index (χ1v) is 8.23. The van der Waals surface area contributed by atoms with E-state index in [1.165, 1.54) is 28.2 Å². The Balaban J connectivity index is 2.39. The van der Waals surface area contributed by atoms with Gasteiger partial charge in [0.2, 0.25) is 10.0 Å². The highest BCUT2D eigenvalue weighted by Crippen LogP contribution is 2.27. The standard InChI is InChI=1S/C13H20N2O4S/c1-3-10-6-4-5-7-15(10)20(18,19)11-8-12(13(16)17)14(2)9-11/h8-10H,3-7H2,1-2H3,(H,16,17). The zero-order valence-corrected chi connectivity index (χ0v) is 12.6. The number of carboxylic acid groups (broad SMARTS) is 1. The summed E-state index contributed by atoms with van der Waals surface area (Å²) in [6, 6.07) is 1.25. The van der Waals surface area contributed by atoms with Gasteiger partial charge in [-0.05, 0) is 25.3 Å². The highest BCUT2D eigenvalue weighted by Gasteiger charge is 2.33. The zero-order valence-electron chi connectivity index (χ0n) is 11.7. The van der Waals surface area contributed by atoms with Crippen molar-refractivity contribution in [3.63, 3.8) is 0 Å². The minimum Gasteiger partial charge on any atom is -0.477 e. The fourth-order valence-electron chi connectivity index (χ4n) is 2.72. The van der Waals surface area contributed by atoms with Gasteiger partial charge < -0.3 is 9.67 Å². The molecule has 112 valence electrons. The summed E-state index contributed by atoms with van der Waals surface area (Å²) in [5.41, 5.74) is -0.0198. The number of aryl methyl sites for hydroxylation is 1. The Morgan fingerprint density at radius 3 is 2.70 bits per heavy atom. The van der Waals surface area contributed by atoms with Crippen LogP contribution in [-0.2, 0) is 17.1 Å². The highest BCUT2D eigenvalue weighted by atomic mass is 32.2. The van der Waals surface area contributed by atoms with E-state index in [-0.39, 0.29) is 16.6 Å². The molecule has 2 rings (SSSR count). The maximum absolute atomic E-state index is 12.7. The first-order chi connectivity index (χ1) is 9.37. The van der Waals surface area contributed by atoms with Crippen molar-refractivity contribution in [2.24, 2.45) is 7.05 Å². The van der Waals surface area contributed by atoms with Gasteiger partial charge in [0.15, 0.2) is 0 Å². The molecule has 1 unspecified atom stereocenters. The molecule has 6 nitrogen and oxygen atoms in total. The van der Waals surface area contributed by atoms with E-state index in [0.717, 1.165) is 25.7 Å². The molecule has 0 radical (unpaired) electrons. The normalized spacial score (nSPS) is 21.0. The van der Waals surface area contributed by atoms with E-state index in [0.29, 0.717) is 6.54 Å². The fourth-order valence-corrected chi connectivity index (χ4v) is 4.56. The number of rotatable bonds is 4. The van der Waals surface area contributed by atoms with Crippen molar-refractivity contribution >= 4 is 16.0 Å². The molecule has 0 aromatic carbocycles. The van der Waals surface area contributed by atoms with Gasteiger partial charge >= 0.3 is 5.97 Å². The average molecular weight is 300 g/mol. The van der Waals surface area contributed by atoms with Crippen molar-refractivity contribution in [1.29, 1.82) is 0 Å². The molecule has 1 aromatic heterocycles. The van der Waals surface area contributed by atoms with E-state index in [9.17, 15) is 13.2 Å². The lowest BCUT2D eigenvalue weighted by Crippen LogP contribution is -2.43. The summed E-state index contributed by atoms with van der Waals surface area (Å²) >= 11 is 0. The Morgan fingerprint density at radius 2 is 2.15 bits per heavy atom. The third-order valence-corrected chi connectivity index (χ3v) is 5.77. The number of hydrogen-bond donors (Lipinski definition) is 1. The van der Waals surface area contributed by atoms with Gasteiger partial charge in [-0.1, -0.05) is 13.3 Å². The third kappa shape index (κ3) is 2.60. The number of aromatic nitrogens is 1. The summed E-state index contributed by atoms with van der Waals surface area (Å²) < 4.78 is 28.2. The van der Waals surface area contributed by atoms with E-state index in [1.54, 1.807) is 0 Å². The van der Waals surface area contributed by atoms with Gasteiger partial charge in [0, 0.05) is 25.8 Å². The predicted molar refractivity (Wildman–Crippen MR) is 74.2 cm³/mol. The Labute approximate surface area is 119 Å². The summed E-state index contributed by atoms with van der Waals surface area (Å²) in [5, 5.41) is 9.02. The van der Waals surface area contributed by atoms with E-state index in [2.05, 4.69) is 0 Å². The number of sulfonamides is 1. The van der Waals surface area contributed by atoms with Gasteiger partial charge in [0.25, 0.3) is 0 Å². The van der Waals surface area contributed by atoms with Crippen LogP contribution in [0.1, 0.15) is 43.1 Å². The number of carbonyl (C=O) groups is 1. The average Bonchev–Trinajstić information content (AvgIpc) is 2.81. The molecule has 0 saturated carbocycles. The van der Waals surface area contributed by atoms with Crippen molar-refractivity contribution in [3.8, 4) is 0 Å². The predicted octanol–water partition coefficient (Wildman–Crippen LogP) is 1.68. The molecule has 1 N–H and O–H groups in total. The lowest BCUT2D eigenvalue weighted by atomic mass is 10.0. The molecule has 0 amide bonds. The molecular formula is C13H20N2O4S. The minimum absolute atomic E-state index is 0.0160. The van der Waals surface area contributed by atoms with Crippen LogP contribution in [0.4, 0.5) is 0 Å². The largest absolute Gasteiger partial charge is 0.477 e. The van der Waals surface area contributed by atoms with Crippen LogP contribution in [-0.4, -0.2) is 41.0 Å². The van der Waals surface area contributed by atoms with Crippen LogP contribution >= 0.6 is 0 Å².